The van der Waals surface area contributed by atoms with E-state index in [-0.39, 0.29) is 29.7 Å². The summed E-state index contributed by atoms with van der Waals surface area (Å²) in [6, 6.07) is 3.17. The molecule has 1 aliphatic heterocycles. The van der Waals surface area contributed by atoms with Crippen molar-refractivity contribution in [2.75, 3.05) is 39.3 Å². The molecule has 0 aromatic carbocycles. The van der Waals surface area contributed by atoms with Gasteiger partial charge in [0, 0.05) is 45.1 Å². The molecule has 0 atom stereocenters. The van der Waals surface area contributed by atoms with E-state index in [1.807, 2.05) is 0 Å². The molecule has 0 radical (unpaired) electrons. The number of hydrogen-bond acceptors (Lipinski definition) is 5. The highest BCUT2D eigenvalue weighted by Gasteiger charge is 2.13. The van der Waals surface area contributed by atoms with E-state index in [1.165, 1.54) is 6.20 Å². The Morgan fingerprint density at radius 1 is 1.29 bits per heavy atom. The van der Waals surface area contributed by atoms with Gasteiger partial charge in [-0.2, -0.15) is 0 Å². The maximum atomic E-state index is 11.9. The van der Waals surface area contributed by atoms with Crippen molar-refractivity contribution in [3.05, 3.63) is 24.5 Å². The Hall–Kier alpha value is -0.440. The average molecular weight is 357 g/mol. The zero-order valence-electron chi connectivity index (χ0n) is 11.7. The van der Waals surface area contributed by atoms with Crippen LogP contribution in [0.2, 0.25) is 0 Å². The largest absolute Gasteiger partial charge is 0.314 e. The molecular weight excluding hydrogens is 335 g/mol. The Labute approximate surface area is 138 Å². The summed E-state index contributed by atoms with van der Waals surface area (Å²) in [4.78, 5) is 6.38. The van der Waals surface area contributed by atoms with Crippen LogP contribution < -0.4 is 10.0 Å². The van der Waals surface area contributed by atoms with Gasteiger partial charge in [0.2, 0.25) is 10.0 Å². The van der Waals surface area contributed by atoms with Crippen LogP contribution in [0.25, 0.3) is 0 Å². The zero-order valence-corrected chi connectivity index (χ0v) is 14.1. The van der Waals surface area contributed by atoms with Crippen LogP contribution in [0.5, 0.6) is 0 Å². The zero-order chi connectivity index (χ0) is 13.6. The van der Waals surface area contributed by atoms with Crippen LogP contribution in [0, 0.1) is 0 Å². The smallest absolute Gasteiger partial charge is 0.242 e. The number of nitrogens with zero attached hydrogens (tertiary/aromatic N) is 2. The fourth-order valence-corrected chi connectivity index (χ4v) is 3.07. The maximum absolute atomic E-state index is 11.9. The van der Waals surface area contributed by atoms with Gasteiger partial charge in [0.25, 0.3) is 0 Å². The molecular formula is C12H22Cl2N4O2S. The minimum atomic E-state index is -3.41. The summed E-state index contributed by atoms with van der Waals surface area (Å²) in [7, 11) is -3.41. The van der Waals surface area contributed by atoms with E-state index in [4.69, 9.17) is 0 Å². The maximum Gasteiger partial charge on any atom is 0.242 e. The summed E-state index contributed by atoms with van der Waals surface area (Å²) in [6.07, 6.45) is 3.74. The van der Waals surface area contributed by atoms with Crippen molar-refractivity contribution < 1.29 is 8.42 Å². The van der Waals surface area contributed by atoms with E-state index in [2.05, 4.69) is 19.9 Å². The molecule has 2 rings (SSSR count). The number of piperazine rings is 1. The molecule has 0 bridgehead atoms. The lowest BCUT2D eigenvalue weighted by Gasteiger charge is -2.27. The number of sulfonamides is 1. The molecule has 2 heterocycles. The van der Waals surface area contributed by atoms with Gasteiger partial charge in [-0.3, -0.25) is 4.98 Å². The molecule has 0 unspecified atom stereocenters. The molecule has 1 aromatic rings. The van der Waals surface area contributed by atoms with Gasteiger partial charge < -0.3 is 10.2 Å². The quantitative estimate of drug-likeness (QED) is 0.726. The Bertz CT molecular complexity index is 481. The first-order valence-corrected chi connectivity index (χ1v) is 7.99. The normalized spacial score (nSPS) is 15.8. The van der Waals surface area contributed by atoms with Crippen LogP contribution in [0.3, 0.4) is 0 Å². The van der Waals surface area contributed by atoms with Crippen LogP contribution in [-0.4, -0.2) is 57.6 Å². The van der Waals surface area contributed by atoms with Gasteiger partial charge in [0.05, 0.1) is 0 Å². The van der Waals surface area contributed by atoms with Crippen molar-refractivity contribution in [2.45, 2.75) is 11.3 Å². The standard InChI is InChI=1S/C12H20N4O2S.2ClH/c17-19(18,12-3-1-4-14-11-12)15-5-2-8-16-9-6-13-7-10-16;;/h1,3-4,11,13,15H,2,5-10H2;2*1H. The molecule has 21 heavy (non-hydrogen) atoms. The molecule has 6 nitrogen and oxygen atoms in total. The van der Waals surface area contributed by atoms with Crippen LogP contribution in [0.4, 0.5) is 0 Å². The third kappa shape index (κ3) is 6.90. The van der Waals surface area contributed by atoms with Crippen LogP contribution in [0.1, 0.15) is 6.42 Å². The van der Waals surface area contributed by atoms with Gasteiger partial charge in [-0.25, -0.2) is 13.1 Å². The third-order valence-corrected chi connectivity index (χ3v) is 4.54. The molecule has 0 aliphatic carbocycles. The number of nitrogens with one attached hydrogen (secondary N) is 2. The Balaban J connectivity index is 0.00000200. The van der Waals surface area contributed by atoms with Gasteiger partial charge in [0.15, 0.2) is 0 Å². The SMILES string of the molecule is Cl.Cl.O=S(=O)(NCCCN1CCNCC1)c1cccnc1. The molecule has 1 saturated heterocycles. The number of aromatic nitrogens is 1. The molecule has 1 aliphatic rings. The summed E-state index contributed by atoms with van der Waals surface area (Å²) in [5, 5.41) is 3.29. The minimum Gasteiger partial charge on any atom is -0.314 e. The fraction of sp³-hybridized carbons (Fsp3) is 0.583. The lowest BCUT2D eigenvalue weighted by atomic mass is 10.3. The highest BCUT2D eigenvalue weighted by molar-refractivity contribution is 7.89. The monoisotopic (exact) mass is 356 g/mol. The predicted octanol–water partition coefficient (Wildman–Crippen LogP) is 0.499. The molecule has 1 aromatic heterocycles. The highest BCUT2D eigenvalue weighted by atomic mass is 35.5. The first-order valence-electron chi connectivity index (χ1n) is 6.51. The van der Waals surface area contributed by atoms with E-state index in [9.17, 15) is 8.42 Å². The number of hydrogen-bond donors (Lipinski definition) is 2. The first-order chi connectivity index (χ1) is 9.18. The van der Waals surface area contributed by atoms with E-state index in [0.717, 1.165) is 39.1 Å². The van der Waals surface area contributed by atoms with Crippen molar-refractivity contribution >= 4 is 34.8 Å². The molecule has 0 spiro atoms. The van der Waals surface area contributed by atoms with Crippen molar-refractivity contribution in [1.29, 1.82) is 0 Å². The first kappa shape index (κ1) is 20.6. The lowest BCUT2D eigenvalue weighted by Crippen LogP contribution is -2.44. The van der Waals surface area contributed by atoms with Crippen molar-refractivity contribution in [1.82, 2.24) is 19.9 Å². The second-order valence-electron chi connectivity index (χ2n) is 4.53. The Morgan fingerprint density at radius 2 is 2.00 bits per heavy atom. The second-order valence-corrected chi connectivity index (χ2v) is 6.30. The van der Waals surface area contributed by atoms with E-state index < -0.39 is 10.0 Å². The van der Waals surface area contributed by atoms with Gasteiger partial charge in [-0.05, 0) is 25.1 Å². The molecule has 2 N–H and O–H groups in total. The Morgan fingerprint density at radius 3 is 2.62 bits per heavy atom. The minimum absolute atomic E-state index is 0. The van der Waals surface area contributed by atoms with Crippen LogP contribution in [0.15, 0.2) is 29.4 Å². The molecule has 9 heteroatoms. The van der Waals surface area contributed by atoms with Crippen LogP contribution >= 0.6 is 24.8 Å². The van der Waals surface area contributed by atoms with E-state index >= 15 is 0 Å². The number of rotatable bonds is 6. The lowest BCUT2D eigenvalue weighted by molar-refractivity contribution is 0.239. The predicted molar refractivity (Wildman–Crippen MR) is 87.8 cm³/mol. The summed E-state index contributed by atoms with van der Waals surface area (Å²) >= 11 is 0. The van der Waals surface area contributed by atoms with Crippen LogP contribution in [-0.2, 0) is 10.0 Å². The van der Waals surface area contributed by atoms with Crippen molar-refractivity contribution in [2.24, 2.45) is 0 Å². The number of halogens is 2. The summed E-state index contributed by atoms with van der Waals surface area (Å²) in [5.41, 5.74) is 0. The highest BCUT2D eigenvalue weighted by Crippen LogP contribution is 2.05. The van der Waals surface area contributed by atoms with Gasteiger partial charge >= 0.3 is 0 Å². The summed E-state index contributed by atoms with van der Waals surface area (Å²) < 4.78 is 26.4. The summed E-state index contributed by atoms with van der Waals surface area (Å²) in [6.45, 7) is 5.49. The average Bonchev–Trinajstić information content (AvgIpc) is 2.46. The molecule has 1 fully saturated rings. The summed E-state index contributed by atoms with van der Waals surface area (Å²) in [5.74, 6) is 0. The molecule has 122 valence electrons. The molecule has 0 amide bonds. The fourth-order valence-electron chi connectivity index (χ4n) is 2.03. The van der Waals surface area contributed by atoms with Gasteiger partial charge in [0.1, 0.15) is 4.90 Å². The third-order valence-electron chi connectivity index (χ3n) is 3.10. The Kier molecular flexibility index (Phi) is 10.1. The van der Waals surface area contributed by atoms with Gasteiger partial charge in [-0.1, -0.05) is 0 Å². The topological polar surface area (TPSA) is 74.3 Å². The van der Waals surface area contributed by atoms with Crippen molar-refractivity contribution in [3.63, 3.8) is 0 Å². The van der Waals surface area contributed by atoms with Gasteiger partial charge in [-0.15, -0.1) is 24.8 Å². The van der Waals surface area contributed by atoms with E-state index in [1.54, 1.807) is 18.3 Å². The number of pyridine rings is 1. The second kappa shape index (κ2) is 10.3. The molecule has 0 saturated carbocycles. The van der Waals surface area contributed by atoms with E-state index in [0.29, 0.717) is 6.54 Å². The van der Waals surface area contributed by atoms with Crippen molar-refractivity contribution in [3.8, 4) is 0 Å².